The zero-order valence-corrected chi connectivity index (χ0v) is 22.2. The Morgan fingerprint density at radius 3 is 2.78 bits per heavy atom. The Hall–Kier alpha value is -2.34. The van der Waals surface area contributed by atoms with Crippen LogP contribution in [0.5, 0.6) is 0 Å². The van der Waals surface area contributed by atoms with Gasteiger partial charge in [0.25, 0.3) is 0 Å². The number of thiazole rings is 1. The molecule has 0 aromatic carbocycles. The van der Waals surface area contributed by atoms with E-state index in [1.807, 2.05) is 24.7 Å². The molecule has 12 heteroatoms. The lowest BCUT2D eigenvalue weighted by Crippen LogP contribution is -2.41. The van der Waals surface area contributed by atoms with E-state index in [0.29, 0.717) is 36.7 Å². The normalized spacial score (nSPS) is 28.7. The van der Waals surface area contributed by atoms with Crippen molar-refractivity contribution in [3.05, 3.63) is 63.0 Å². The largest absolute Gasteiger partial charge is 0.326 e. The number of rotatable bonds is 6. The molecular weight excluding hydrogens is 523 g/mol. The van der Waals surface area contributed by atoms with Crippen LogP contribution in [-0.2, 0) is 17.1 Å². The minimum Gasteiger partial charge on any atom is -0.326 e. The first kappa shape index (κ1) is 24.0. The van der Waals surface area contributed by atoms with Crippen molar-refractivity contribution in [3.63, 3.8) is 0 Å². The van der Waals surface area contributed by atoms with E-state index in [2.05, 4.69) is 19.7 Å². The fourth-order valence-corrected chi connectivity index (χ4v) is 7.55. The lowest BCUT2D eigenvalue weighted by Gasteiger charge is -2.34. The predicted octanol–water partition coefficient (Wildman–Crippen LogP) is 3.61. The van der Waals surface area contributed by atoms with Crippen LogP contribution in [0.2, 0.25) is 0 Å². The molecule has 2 fully saturated rings. The molecule has 190 valence electrons. The van der Waals surface area contributed by atoms with Gasteiger partial charge in [-0.05, 0) is 30.6 Å². The number of aromatic nitrogens is 3. The number of halogens is 2. The average molecular weight is 549 g/mol. The number of alkyl halides is 1. The minimum absolute atomic E-state index is 0.300. The number of hydrogen-bond donors (Lipinski definition) is 1. The van der Waals surface area contributed by atoms with Crippen LogP contribution >= 0.6 is 22.9 Å². The molecule has 2 aromatic heterocycles. The maximum absolute atomic E-state index is 14.4. The summed E-state index contributed by atoms with van der Waals surface area (Å²) >= 11 is 8.21. The van der Waals surface area contributed by atoms with Gasteiger partial charge in [-0.2, -0.15) is 5.10 Å². The molecule has 2 aliphatic heterocycles. The van der Waals surface area contributed by atoms with E-state index < -0.39 is 28.2 Å². The quantitative estimate of drug-likeness (QED) is 0.595. The van der Waals surface area contributed by atoms with Crippen molar-refractivity contribution < 1.29 is 12.8 Å². The smallest absolute Gasteiger partial charge is 0.214 e. The van der Waals surface area contributed by atoms with Crippen LogP contribution in [0.3, 0.4) is 0 Å². The van der Waals surface area contributed by atoms with Crippen molar-refractivity contribution in [2.45, 2.75) is 49.7 Å². The fourth-order valence-electron chi connectivity index (χ4n) is 5.05. The molecule has 1 N–H and O–H groups in total. The highest BCUT2D eigenvalue weighted by atomic mass is 35.5. The summed E-state index contributed by atoms with van der Waals surface area (Å²) in [7, 11) is -1.53. The monoisotopic (exact) mass is 548 g/mol. The molecule has 0 spiro atoms. The molecule has 2 aromatic rings. The topological polar surface area (TPSA) is 92.5 Å². The van der Waals surface area contributed by atoms with Gasteiger partial charge in [0, 0.05) is 66.0 Å². The molecule has 0 radical (unpaired) electrons. The van der Waals surface area contributed by atoms with Gasteiger partial charge in [-0.15, -0.1) is 11.3 Å². The maximum Gasteiger partial charge on any atom is 0.214 e. The van der Waals surface area contributed by atoms with Crippen LogP contribution in [0.15, 0.2) is 57.3 Å². The molecular formula is C24H26ClFN6O2S2. The molecule has 36 heavy (non-hydrogen) atoms. The molecule has 4 atom stereocenters. The first-order chi connectivity index (χ1) is 17.2. The molecule has 1 saturated carbocycles. The van der Waals surface area contributed by atoms with Crippen LogP contribution in [0.25, 0.3) is 5.57 Å². The van der Waals surface area contributed by atoms with Gasteiger partial charge in [0.15, 0.2) is 10.8 Å². The Morgan fingerprint density at radius 1 is 1.31 bits per heavy atom. The Labute approximate surface area is 218 Å². The van der Waals surface area contributed by atoms with E-state index in [9.17, 15) is 12.8 Å². The number of nitrogens with zero attached hydrogens (tertiary/aromatic N) is 5. The predicted molar refractivity (Wildman–Crippen MR) is 139 cm³/mol. The van der Waals surface area contributed by atoms with Crippen LogP contribution in [0.1, 0.15) is 36.9 Å². The summed E-state index contributed by atoms with van der Waals surface area (Å²) in [5.74, 6) is 0.179. The zero-order valence-electron chi connectivity index (χ0n) is 19.8. The van der Waals surface area contributed by atoms with Crippen molar-refractivity contribution in [1.82, 2.24) is 24.4 Å². The molecule has 8 nitrogen and oxygen atoms in total. The molecule has 2 aliphatic carbocycles. The van der Waals surface area contributed by atoms with Gasteiger partial charge in [0.2, 0.25) is 10.0 Å². The SMILES string of the molecule is CC1C(Cl)=C([C@@H]2N=C(c3nccs3)N3C[C@@H](NS(=O)(=O)C4CC4)CC3=C2c2ccn(C)n2)C=CC1F. The van der Waals surface area contributed by atoms with Crippen molar-refractivity contribution in [3.8, 4) is 0 Å². The van der Waals surface area contributed by atoms with Crippen molar-refractivity contribution in [2.24, 2.45) is 18.0 Å². The van der Waals surface area contributed by atoms with Gasteiger partial charge in [-0.3, -0.25) is 9.67 Å². The van der Waals surface area contributed by atoms with Gasteiger partial charge < -0.3 is 4.90 Å². The Bertz CT molecular complexity index is 1420. The van der Waals surface area contributed by atoms with Crippen LogP contribution in [-0.4, -0.2) is 64.0 Å². The second-order valence-corrected chi connectivity index (χ2v) is 13.0. The van der Waals surface area contributed by atoms with Gasteiger partial charge in [0.05, 0.1) is 10.9 Å². The molecule has 4 heterocycles. The molecule has 1 saturated heterocycles. The third-order valence-electron chi connectivity index (χ3n) is 7.07. The summed E-state index contributed by atoms with van der Waals surface area (Å²) in [4.78, 5) is 11.7. The first-order valence-corrected chi connectivity index (χ1v) is 14.7. The Balaban J connectivity index is 1.50. The van der Waals surface area contributed by atoms with Gasteiger partial charge in [-0.1, -0.05) is 24.6 Å². The van der Waals surface area contributed by atoms with E-state index in [-0.39, 0.29) is 11.3 Å². The Morgan fingerprint density at radius 2 is 2.11 bits per heavy atom. The maximum atomic E-state index is 14.4. The van der Waals surface area contributed by atoms with Crippen LogP contribution < -0.4 is 4.72 Å². The molecule has 0 amide bonds. The number of aryl methyl sites for hydroxylation is 1. The molecule has 2 unspecified atom stereocenters. The van der Waals surface area contributed by atoms with Gasteiger partial charge in [-0.25, -0.2) is 22.5 Å². The molecule has 0 bridgehead atoms. The summed E-state index contributed by atoms with van der Waals surface area (Å²) in [6.07, 6.45) is 7.56. The van der Waals surface area contributed by atoms with Crippen LogP contribution in [0, 0.1) is 5.92 Å². The third-order valence-corrected chi connectivity index (χ3v) is 10.4. The number of hydrogen-bond acceptors (Lipinski definition) is 7. The number of fused-ring (bicyclic) bond motifs is 1. The minimum atomic E-state index is -3.37. The zero-order chi connectivity index (χ0) is 25.2. The van der Waals surface area contributed by atoms with Crippen molar-refractivity contribution in [1.29, 1.82) is 0 Å². The summed E-state index contributed by atoms with van der Waals surface area (Å²) in [5, 5.41) is 7.42. The molecule has 4 aliphatic rings. The third kappa shape index (κ3) is 4.15. The van der Waals surface area contributed by atoms with E-state index >= 15 is 0 Å². The summed E-state index contributed by atoms with van der Waals surface area (Å²) in [5.41, 5.74) is 3.24. The highest BCUT2D eigenvalue weighted by Crippen LogP contribution is 2.44. The second-order valence-electron chi connectivity index (χ2n) is 9.70. The summed E-state index contributed by atoms with van der Waals surface area (Å²) in [6.45, 7) is 2.21. The lowest BCUT2D eigenvalue weighted by molar-refractivity contribution is 0.328. The van der Waals surface area contributed by atoms with E-state index in [1.54, 1.807) is 23.9 Å². The Kier molecular flexibility index (Phi) is 5.94. The van der Waals surface area contributed by atoms with Crippen molar-refractivity contribution in [2.75, 3.05) is 6.54 Å². The van der Waals surface area contributed by atoms with Crippen LogP contribution in [0.4, 0.5) is 4.39 Å². The first-order valence-electron chi connectivity index (χ1n) is 11.9. The standard InChI is InChI=1S/C24H26ClFN6O2S2/c1-13-17(26)6-5-16(21(13)25)22-20(18-7-9-31(2)29-18)19-11-14(30-36(33,34)15-3-4-15)12-32(19)23(28-22)24-27-8-10-35-24/h5-10,13-15,17,22,30H,3-4,11-12H2,1-2H3/t13?,14-,17?,22-/m0/s1. The number of aliphatic imine (C=N–C) groups is 1. The number of sulfonamides is 1. The van der Waals surface area contributed by atoms with E-state index in [0.717, 1.165) is 27.5 Å². The highest BCUT2D eigenvalue weighted by Gasteiger charge is 2.44. The second kappa shape index (κ2) is 8.90. The average Bonchev–Trinajstić information content (AvgIpc) is 3.21. The van der Waals surface area contributed by atoms with Gasteiger partial charge in [0.1, 0.15) is 12.2 Å². The summed E-state index contributed by atoms with van der Waals surface area (Å²) in [6, 6.07) is 1.08. The highest BCUT2D eigenvalue weighted by molar-refractivity contribution is 7.90. The van der Waals surface area contributed by atoms with E-state index in [1.165, 1.54) is 17.4 Å². The summed E-state index contributed by atoms with van der Waals surface area (Å²) < 4.78 is 44.6. The van der Waals surface area contributed by atoms with Gasteiger partial charge >= 0.3 is 0 Å². The number of allylic oxidation sites excluding steroid dienone is 2. The van der Waals surface area contributed by atoms with E-state index in [4.69, 9.17) is 16.6 Å². The lowest BCUT2D eigenvalue weighted by atomic mass is 9.86. The number of amidine groups is 1. The fraction of sp³-hybridized carbons (Fsp3) is 0.458. The van der Waals surface area contributed by atoms with Crippen molar-refractivity contribution >= 4 is 44.4 Å². The number of nitrogens with one attached hydrogen (secondary N) is 1. The molecule has 6 rings (SSSR count).